The van der Waals surface area contributed by atoms with Gasteiger partial charge in [0.1, 0.15) is 0 Å². The van der Waals surface area contributed by atoms with Crippen LogP contribution in [-0.2, 0) is 9.53 Å². The summed E-state index contributed by atoms with van der Waals surface area (Å²) in [5, 5.41) is 2.87. The number of carbonyl (C=O) groups is 1. The van der Waals surface area contributed by atoms with E-state index in [1.165, 1.54) is 0 Å². The van der Waals surface area contributed by atoms with Gasteiger partial charge in [-0.3, -0.25) is 4.79 Å². The van der Waals surface area contributed by atoms with Gasteiger partial charge in [0, 0.05) is 32.2 Å². The van der Waals surface area contributed by atoms with Crippen LogP contribution in [0.3, 0.4) is 0 Å². The Morgan fingerprint density at radius 1 is 1.57 bits per heavy atom. The lowest BCUT2D eigenvalue weighted by Gasteiger charge is -2.22. The SMILES string of the molecule is C[C@@H](CN)NC(=O)CC1CCOCC1. The second-order valence-corrected chi connectivity index (χ2v) is 3.96. The molecule has 0 saturated carbocycles. The smallest absolute Gasteiger partial charge is 0.220 e. The Balaban J connectivity index is 2.18. The summed E-state index contributed by atoms with van der Waals surface area (Å²) < 4.78 is 5.23. The van der Waals surface area contributed by atoms with Gasteiger partial charge in [-0.2, -0.15) is 0 Å². The van der Waals surface area contributed by atoms with Gasteiger partial charge < -0.3 is 15.8 Å². The minimum atomic E-state index is 0.0855. The van der Waals surface area contributed by atoms with Gasteiger partial charge >= 0.3 is 0 Å². The summed E-state index contributed by atoms with van der Waals surface area (Å²) in [7, 11) is 0. The van der Waals surface area contributed by atoms with Gasteiger partial charge in [-0.25, -0.2) is 0 Å². The fraction of sp³-hybridized carbons (Fsp3) is 0.900. The minimum Gasteiger partial charge on any atom is -0.381 e. The molecule has 1 heterocycles. The molecule has 1 fully saturated rings. The molecular weight excluding hydrogens is 180 g/mol. The molecule has 1 rings (SSSR count). The molecule has 0 bridgehead atoms. The Bertz CT molecular complexity index is 179. The third-order valence-corrected chi connectivity index (χ3v) is 2.58. The van der Waals surface area contributed by atoms with E-state index in [4.69, 9.17) is 10.5 Å². The summed E-state index contributed by atoms with van der Waals surface area (Å²) in [4.78, 5) is 11.5. The Labute approximate surface area is 85.2 Å². The molecule has 1 aliphatic heterocycles. The van der Waals surface area contributed by atoms with E-state index in [-0.39, 0.29) is 11.9 Å². The van der Waals surface area contributed by atoms with Gasteiger partial charge in [0.2, 0.25) is 5.91 Å². The molecule has 0 spiro atoms. The first kappa shape index (κ1) is 11.5. The van der Waals surface area contributed by atoms with E-state index < -0.39 is 0 Å². The molecule has 14 heavy (non-hydrogen) atoms. The van der Waals surface area contributed by atoms with Crippen molar-refractivity contribution in [2.45, 2.75) is 32.2 Å². The molecule has 0 aromatic rings. The van der Waals surface area contributed by atoms with Crippen molar-refractivity contribution in [1.82, 2.24) is 5.32 Å². The molecule has 1 atom stereocenters. The Hall–Kier alpha value is -0.610. The standard InChI is InChI=1S/C10H20N2O2/c1-8(7-11)12-10(13)6-9-2-4-14-5-3-9/h8-9H,2-7,11H2,1H3,(H,12,13)/t8-/m0/s1. The number of nitrogens with two attached hydrogens (primary N) is 1. The third-order valence-electron chi connectivity index (χ3n) is 2.58. The maximum absolute atomic E-state index is 11.5. The zero-order chi connectivity index (χ0) is 10.4. The molecule has 1 amide bonds. The molecule has 0 unspecified atom stereocenters. The van der Waals surface area contributed by atoms with Gasteiger partial charge in [0.15, 0.2) is 0 Å². The van der Waals surface area contributed by atoms with Crippen LogP contribution in [0.15, 0.2) is 0 Å². The van der Waals surface area contributed by atoms with Crippen LogP contribution in [0.2, 0.25) is 0 Å². The van der Waals surface area contributed by atoms with Crippen molar-refractivity contribution in [1.29, 1.82) is 0 Å². The number of carbonyl (C=O) groups excluding carboxylic acids is 1. The molecule has 4 nitrogen and oxygen atoms in total. The number of ether oxygens (including phenoxy) is 1. The Kier molecular flexibility index (Phi) is 4.90. The minimum absolute atomic E-state index is 0.0855. The van der Waals surface area contributed by atoms with Crippen molar-refractivity contribution in [2.24, 2.45) is 11.7 Å². The fourth-order valence-corrected chi connectivity index (χ4v) is 1.61. The van der Waals surface area contributed by atoms with E-state index in [1.807, 2.05) is 6.92 Å². The summed E-state index contributed by atoms with van der Waals surface area (Å²) in [6, 6.07) is 0.0855. The van der Waals surface area contributed by atoms with Crippen LogP contribution in [0.5, 0.6) is 0 Å². The predicted octanol–water partition coefficient (Wildman–Crippen LogP) is 0.267. The number of hydrogen-bond acceptors (Lipinski definition) is 3. The molecule has 1 saturated heterocycles. The summed E-state index contributed by atoms with van der Waals surface area (Å²) >= 11 is 0. The van der Waals surface area contributed by atoms with Gasteiger partial charge in [0.25, 0.3) is 0 Å². The average molecular weight is 200 g/mol. The van der Waals surface area contributed by atoms with Crippen molar-refractivity contribution in [3.05, 3.63) is 0 Å². The summed E-state index contributed by atoms with van der Waals surface area (Å²) in [5.41, 5.74) is 5.42. The van der Waals surface area contributed by atoms with Crippen LogP contribution in [0.25, 0.3) is 0 Å². The highest BCUT2D eigenvalue weighted by atomic mass is 16.5. The van der Waals surface area contributed by atoms with Crippen molar-refractivity contribution < 1.29 is 9.53 Å². The maximum atomic E-state index is 11.5. The van der Waals surface area contributed by atoms with E-state index in [1.54, 1.807) is 0 Å². The zero-order valence-electron chi connectivity index (χ0n) is 8.79. The van der Waals surface area contributed by atoms with Crippen molar-refractivity contribution in [3.8, 4) is 0 Å². The van der Waals surface area contributed by atoms with E-state index in [9.17, 15) is 4.79 Å². The van der Waals surface area contributed by atoms with Gasteiger partial charge in [-0.1, -0.05) is 0 Å². The second-order valence-electron chi connectivity index (χ2n) is 3.96. The molecule has 4 heteroatoms. The highest BCUT2D eigenvalue weighted by Crippen LogP contribution is 2.17. The number of amides is 1. The zero-order valence-corrected chi connectivity index (χ0v) is 8.79. The normalized spacial score (nSPS) is 20.4. The van der Waals surface area contributed by atoms with E-state index in [2.05, 4.69) is 5.32 Å². The Morgan fingerprint density at radius 2 is 2.21 bits per heavy atom. The van der Waals surface area contributed by atoms with Crippen LogP contribution in [-0.4, -0.2) is 31.7 Å². The van der Waals surface area contributed by atoms with Crippen molar-refractivity contribution >= 4 is 5.91 Å². The number of hydrogen-bond donors (Lipinski definition) is 2. The highest BCUT2D eigenvalue weighted by Gasteiger charge is 2.17. The summed E-state index contributed by atoms with van der Waals surface area (Å²) in [6.07, 6.45) is 2.63. The maximum Gasteiger partial charge on any atom is 0.220 e. The first-order chi connectivity index (χ1) is 6.72. The topological polar surface area (TPSA) is 64.3 Å². The highest BCUT2D eigenvalue weighted by molar-refractivity contribution is 5.76. The molecule has 3 N–H and O–H groups in total. The summed E-state index contributed by atoms with van der Waals surface area (Å²) in [6.45, 7) is 4.01. The first-order valence-electron chi connectivity index (χ1n) is 5.29. The molecule has 0 aromatic heterocycles. The average Bonchev–Trinajstić information content (AvgIpc) is 2.19. The van der Waals surface area contributed by atoms with Crippen LogP contribution in [0.4, 0.5) is 0 Å². The van der Waals surface area contributed by atoms with Gasteiger partial charge in [0.05, 0.1) is 0 Å². The number of nitrogens with one attached hydrogen (secondary N) is 1. The lowest BCUT2D eigenvalue weighted by molar-refractivity contribution is -0.123. The molecular formula is C10H20N2O2. The number of rotatable bonds is 4. The molecule has 0 aromatic carbocycles. The Morgan fingerprint density at radius 3 is 2.79 bits per heavy atom. The van der Waals surface area contributed by atoms with Crippen molar-refractivity contribution in [2.75, 3.05) is 19.8 Å². The molecule has 1 aliphatic rings. The third kappa shape index (κ3) is 4.07. The van der Waals surface area contributed by atoms with E-state index in [0.29, 0.717) is 18.9 Å². The fourth-order valence-electron chi connectivity index (χ4n) is 1.61. The molecule has 82 valence electrons. The largest absolute Gasteiger partial charge is 0.381 e. The second kappa shape index (κ2) is 5.98. The van der Waals surface area contributed by atoms with E-state index >= 15 is 0 Å². The first-order valence-corrected chi connectivity index (χ1v) is 5.29. The van der Waals surface area contributed by atoms with Crippen LogP contribution in [0, 0.1) is 5.92 Å². The van der Waals surface area contributed by atoms with Gasteiger partial charge in [-0.15, -0.1) is 0 Å². The van der Waals surface area contributed by atoms with E-state index in [0.717, 1.165) is 26.1 Å². The van der Waals surface area contributed by atoms with Crippen LogP contribution < -0.4 is 11.1 Å². The van der Waals surface area contributed by atoms with Crippen LogP contribution >= 0.6 is 0 Å². The quantitative estimate of drug-likeness (QED) is 0.684. The summed E-state index contributed by atoms with van der Waals surface area (Å²) in [5.74, 6) is 0.614. The van der Waals surface area contributed by atoms with Gasteiger partial charge in [-0.05, 0) is 25.7 Å². The molecule has 0 aliphatic carbocycles. The predicted molar refractivity (Wildman–Crippen MR) is 54.8 cm³/mol. The van der Waals surface area contributed by atoms with Crippen LogP contribution in [0.1, 0.15) is 26.2 Å². The lowest BCUT2D eigenvalue weighted by Crippen LogP contribution is -2.39. The van der Waals surface area contributed by atoms with Crippen molar-refractivity contribution in [3.63, 3.8) is 0 Å². The lowest BCUT2D eigenvalue weighted by atomic mass is 9.96. The molecule has 0 radical (unpaired) electrons. The monoisotopic (exact) mass is 200 g/mol.